The molecule has 3 N–H and O–H groups in total. The van der Waals surface area contributed by atoms with Crippen molar-refractivity contribution in [2.45, 2.75) is 13.3 Å². The quantitative estimate of drug-likeness (QED) is 0.759. The zero-order valence-corrected chi connectivity index (χ0v) is 13.5. The standard InChI is InChI=1S/C16H18FN3O2S/c1-2-18-16(22)20-13-7-3-6-12(17)14(13)15(21)19-9-8-11-5-4-10-23-11/h3-7,10H,2,8-9H2,1H3,(H,19,21)(H2,18,20,22). The highest BCUT2D eigenvalue weighted by atomic mass is 32.1. The number of halogens is 1. The molecule has 0 saturated heterocycles. The minimum atomic E-state index is -0.673. The smallest absolute Gasteiger partial charge is 0.319 e. The van der Waals surface area contributed by atoms with E-state index in [9.17, 15) is 14.0 Å². The lowest BCUT2D eigenvalue weighted by Gasteiger charge is -2.12. The second-order valence-electron chi connectivity index (χ2n) is 4.73. The molecule has 3 amide bonds. The fourth-order valence-electron chi connectivity index (χ4n) is 2.03. The van der Waals surface area contributed by atoms with Crippen molar-refractivity contribution in [3.05, 3.63) is 52.0 Å². The third-order valence-electron chi connectivity index (χ3n) is 3.06. The second-order valence-corrected chi connectivity index (χ2v) is 5.76. The fraction of sp³-hybridized carbons (Fsp3) is 0.250. The number of carbonyl (C=O) groups excluding carboxylic acids is 2. The molecule has 0 bridgehead atoms. The Morgan fingerprint density at radius 2 is 2.00 bits per heavy atom. The lowest BCUT2D eigenvalue weighted by Crippen LogP contribution is -2.31. The summed E-state index contributed by atoms with van der Waals surface area (Å²) in [5, 5.41) is 9.67. The van der Waals surface area contributed by atoms with Crippen molar-refractivity contribution in [2.24, 2.45) is 0 Å². The van der Waals surface area contributed by atoms with Gasteiger partial charge in [-0.15, -0.1) is 11.3 Å². The summed E-state index contributed by atoms with van der Waals surface area (Å²) in [5.74, 6) is -1.22. The first-order valence-corrected chi connectivity index (χ1v) is 8.13. The number of nitrogens with one attached hydrogen (secondary N) is 3. The van der Waals surface area contributed by atoms with Crippen LogP contribution in [0.4, 0.5) is 14.9 Å². The van der Waals surface area contributed by atoms with Gasteiger partial charge in [-0.25, -0.2) is 9.18 Å². The van der Waals surface area contributed by atoms with Crippen molar-refractivity contribution in [1.82, 2.24) is 10.6 Å². The molecular formula is C16H18FN3O2S. The Bertz CT molecular complexity index is 674. The van der Waals surface area contributed by atoms with Crippen LogP contribution in [-0.4, -0.2) is 25.0 Å². The number of hydrogen-bond donors (Lipinski definition) is 3. The van der Waals surface area contributed by atoms with Gasteiger partial charge in [0.15, 0.2) is 0 Å². The summed E-state index contributed by atoms with van der Waals surface area (Å²) in [4.78, 5) is 25.0. The van der Waals surface area contributed by atoms with Gasteiger partial charge in [0.05, 0.1) is 11.3 Å². The summed E-state index contributed by atoms with van der Waals surface area (Å²) in [7, 11) is 0. The van der Waals surface area contributed by atoms with Gasteiger partial charge in [-0.1, -0.05) is 12.1 Å². The molecule has 122 valence electrons. The Balaban J connectivity index is 2.04. The molecule has 1 heterocycles. The van der Waals surface area contributed by atoms with E-state index in [0.717, 1.165) is 4.88 Å². The number of carbonyl (C=O) groups is 2. The Morgan fingerprint density at radius 1 is 1.17 bits per heavy atom. The predicted molar refractivity (Wildman–Crippen MR) is 89.5 cm³/mol. The van der Waals surface area contributed by atoms with Gasteiger partial charge >= 0.3 is 6.03 Å². The van der Waals surface area contributed by atoms with Crippen LogP contribution in [0.2, 0.25) is 0 Å². The molecule has 0 spiro atoms. The van der Waals surface area contributed by atoms with Gasteiger partial charge in [-0.2, -0.15) is 0 Å². The molecule has 2 rings (SSSR count). The normalized spacial score (nSPS) is 10.2. The van der Waals surface area contributed by atoms with Gasteiger partial charge in [0.1, 0.15) is 5.82 Å². The molecule has 0 aliphatic carbocycles. The maximum absolute atomic E-state index is 14.0. The topological polar surface area (TPSA) is 70.2 Å². The molecule has 0 saturated carbocycles. The van der Waals surface area contributed by atoms with E-state index in [0.29, 0.717) is 19.5 Å². The molecule has 0 radical (unpaired) electrons. The van der Waals surface area contributed by atoms with Crippen LogP contribution in [0.1, 0.15) is 22.2 Å². The van der Waals surface area contributed by atoms with E-state index in [2.05, 4.69) is 16.0 Å². The van der Waals surface area contributed by atoms with Gasteiger partial charge in [0.25, 0.3) is 5.91 Å². The van der Waals surface area contributed by atoms with E-state index in [1.807, 2.05) is 17.5 Å². The van der Waals surface area contributed by atoms with Crippen molar-refractivity contribution in [1.29, 1.82) is 0 Å². The number of thiophene rings is 1. The van der Waals surface area contributed by atoms with E-state index < -0.39 is 17.8 Å². The van der Waals surface area contributed by atoms with Crippen molar-refractivity contribution in [3.8, 4) is 0 Å². The van der Waals surface area contributed by atoms with Crippen LogP contribution in [0.5, 0.6) is 0 Å². The molecule has 2 aromatic rings. The van der Waals surface area contributed by atoms with E-state index >= 15 is 0 Å². The Hall–Kier alpha value is -2.41. The van der Waals surface area contributed by atoms with Crippen LogP contribution in [0.15, 0.2) is 35.7 Å². The number of amides is 3. The summed E-state index contributed by atoms with van der Waals surface area (Å²) in [6.45, 7) is 2.60. The van der Waals surface area contributed by atoms with Gasteiger partial charge in [-0.05, 0) is 36.9 Å². The average molecular weight is 335 g/mol. The van der Waals surface area contributed by atoms with Gasteiger partial charge in [-0.3, -0.25) is 4.79 Å². The Kier molecular flexibility index (Phi) is 6.10. The second kappa shape index (κ2) is 8.28. The Labute approximate surface area is 137 Å². The van der Waals surface area contributed by atoms with E-state index in [-0.39, 0.29) is 11.3 Å². The predicted octanol–water partition coefficient (Wildman–Crippen LogP) is 3.00. The van der Waals surface area contributed by atoms with Crippen LogP contribution >= 0.6 is 11.3 Å². The van der Waals surface area contributed by atoms with Crippen molar-refractivity contribution >= 4 is 29.0 Å². The number of anilines is 1. The molecule has 1 aromatic carbocycles. The monoisotopic (exact) mass is 335 g/mol. The number of hydrogen-bond acceptors (Lipinski definition) is 3. The highest BCUT2D eigenvalue weighted by Crippen LogP contribution is 2.19. The minimum absolute atomic E-state index is 0.143. The molecule has 1 aromatic heterocycles. The van der Waals surface area contributed by atoms with E-state index in [4.69, 9.17) is 0 Å². The summed E-state index contributed by atoms with van der Waals surface area (Å²) in [6, 6.07) is 7.56. The first-order chi connectivity index (χ1) is 11.1. The lowest BCUT2D eigenvalue weighted by atomic mass is 10.1. The molecule has 0 unspecified atom stereocenters. The molecule has 7 heteroatoms. The highest BCUT2D eigenvalue weighted by molar-refractivity contribution is 7.09. The maximum Gasteiger partial charge on any atom is 0.319 e. The largest absolute Gasteiger partial charge is 0.352 e. The SMILES string of the molecule is CCNC(=O)Nc1cccc(F)c1C(=O)NCCc1cccs1. The van der Waals surface area contributed by atoms with E-state index in [1.165, 1.54) is 18.2 Å². The molecule has 5 nitrogen and oxygen atoms in total. The molecular weight excluding hydrogens is 317 g/mol. The van der Waals surface area contributed by atoms with E-state index in [1.54, 1.807) is 18.3 Å². The highest BCUT2D eigenvalue weighted by Gasteiger charge is 2.17. The number of urea groups is 1. The third-order valence-corrected chi connectivity index (χ3v) is 4.00. The summed E-state index contributed by atoms with van der Waals surface area (Å²) in [5.41, 5.74) is -0.0190. The van der Waals surface area contributed by atoms with Crippen LogP contribution < -0.4 is 16.0 Å². The summed E-state index contributed by atoms with van der Waals surface area (Å²) in [6.07, 6.45) is 0.678. The van der Waals surface area contributed by atoms with Gasteiger partial charge < -0.3 is 16.0 Å². The van der Waals surface area contributed by atoms with Gasteiger partial charge in [0.2, 0.25) is 0 Å². The molecule has 0 aliphatic rings. The van der Waals surface area contributed by atoms with Crippen molar-refractivity contribution < 1.29 is 14.0 Å². The average Bonchev–Trinajstić information content (AvgIpc) is 3.00. The summed E-state index contributed by atoms with van der Waals surface area (Å²) < 4.78 is 14.0. The van der Waals surface area contributed by atoms with Crippen LogP contribution in [0.25, 0.3) is 0 Å². The molecule has 0 atom stereocenters. The third kappa shape index (κ3) is 4.79. The van der Waals surface area contributed by atoms with Crippen molar-refractivity contribution in [2.75, 3.05) is 18.4 Å². The maximum atomic E-state index is 14.0. The number of benzene rings is 1. The molecule has 0 fully saturated rings. The zero-order chi connectivity index (χ0) is 16.7. The summed E-state index contributed by atoms with van der Waals surface area (Å²) >= 11 is 1.60. The first-order valence-electron chi connectivity index (χ1n) is 7.25. The first kappa shape index (κ1) is 17.0. The molecule has 23 heavy (non-hydrogen) atoms. The molecule has 0 aliphatic heterocycles. The minimum Gasteiger partial charge on any atom is -0.352 e. The van der Waals surface area contributed by atoms with Crippen LogP contribution in [-0.2, 0) is 6.42 Å². The van der Waals surface area contributed by atoms with Crippen LogP contribution in [0, 0.1) is 5.82 Å². The van der Waals surface area contributed by atoms with Crippen molar-refractivity contribution in [3.63, 3.8) is 0 Å². The Morgan fingerprint density at radius 3 is 2.70 bits per heavy atom. The van der Waals surface area contributed by atoms with Gasteiger partial charge in [0, 0.05) is 18.0 Å². The van der Waals surface area contributed by atoms with Crippen LogP contribution in [0.3, 0.4) is 0 Å². The lowest BCUT2D eigenvalue weighted by molar-refractivity contribution is 0.0951. The zero-order valence-electron chi connectivity index (χ0n) is 12.7. The fourth-order valence-corrected chi connectivity index (χ4v) is 2.74. The number of rotatable bonds is 6.